The minimum absolute atomic E-state index is 0. The monoisotopic (exact) mass is 1470 g/mol. The number of aliphatic hydroxyl groups is 1. The topological polar surface area (TPSA) is 288 Å². The van der Waals surface area contributed by atoms with Crippen molar-refractivity contribution in [1.29, 1.82) is 0 Å². The first-order chi connectivity index (χ1) is 41.5. The fraction of sp³-hybridized carbons (Fsp3) is 0.746. The molecule has 1 aliphatic heterocycles. The van der Waals surface area contributed by atoms with Crippen LogP contribution in [-0.4, -0.2) is 238 Å². The fourth-order valence-electron chi connectivity index (χ4n) is 11.1. The van der Waals surface area contributed by atoms with Crippen LogP contribution in [0, 0.1) is 49.9 Å². The zero-order valence-electron chi connectivity index (χ0n) is 60.4. The molecule has 24 nitrogen and oxygen atoms in total. The van der Waals surface area contributed by atoms with Gasteiger partial charge >= 0.3 is 21.1 Å². The molecule has 25 heteroatoms. The molecule has 5 N–H and O–H groups in total. The standard InChI is InChI=1S/C66H116N11O13.CH3.W/c1-27-30-31-42(14)54(78)53-58(82)69-46(29-3)61(85)71(20)45(17)60(84)75(24)50(36-66(18,19)90-32-28-2)57(81)70-51(40(10)11)64(88)72(21)47(33-37(4)5)56(80)67-43(15)55(79)68-44(16)59(83)73(22)48(34-38(6)7)62(86)74(23)49(35-39(8)9)63(87)76(25)52(41(12)13)65(89)77(53)26;;/h27-28,30,37-54,78H,2,17,29,31-36H2,1,3-16,18-26H3,(H,67,80)(H,68,79)(H,69,82)(H,70,81);1H3;/q2*-1;+2/b30-27+;;/t42-,43+,44-,45-,46+,47+,48+,49+,50+,51+,52+,53+,54-;;/m1../s1. The molecular formula is C67H119N11O13W. The van der Waals surface area contributed by atoms with E-state index in [9.17, 15) is 43.5 Å². The summed E-state index contributed by atoms with van der Waals surface area (Å²) >= 11 is 0. The van der Waals surface area contributed by atoms with Crippen LogP contribution in [0.1, 0.15) is 156 Å². The van der Waals surface area contributed by atoms with E-state index in [4.69, 9.17) is 4.74 Å². The number of carbonyl (C=O) groups is 11. The SMILES string of the molecule is C=CCOC(C)(C)C[C@H]1C(=O)N[C@@H](C(C)C)C(=O)N(C)[C@@H](CC(C)C)C(=O)N[C@@H](C)C(=O)N[C@H](C)C(=O)N(C)[C@@H](CC(C)C)C(=O)N(C)[C@@H](CC(C)C)C(=O)N(C)[C@@H](C(C)C)C(=O)N(C)[C@@H]([C@H](O)[C@H](C)C/C=C/C)C(=O)N[C@@H](CC)C(=O)N(C)[C@H]([CH2-])C(=O)N1C.[CH3-].[W+2]. The summed E-state index contributed by atoms with van der Waals surface area (Å²) in [4.78, 5) is 170. The molecule has 1 rings (SSSR count). The molecule has 0 saturated carbocycles. The third-order valence-corrected chi connectivity index (χ3v) is 17.0. The van der Waals surface area contributed by atoms with Crippen molar-refractivity contribution >= 4 is 65.0 Å². The summed E-state index contributed by atoms with van der Waals surface area (Å²) < 4.78 is 6.04. The Bertz CT molecular complexity index is 2510. The first kappa shape index (κ1) is 88.3. The molecule has 1 fully saturated rings. The number of nitrogens with zero attached hydrogens (tertiary/aromatic N) is 7. The Morgan fingerprint density at radius 3 is 1.43 bits per heavy atom. The van der Waals surface area contributed by atoms with E-state index in [0.717, 1.165) is 14.7 Å². The largest absolute Gasteiger partial charge is 2.00 e. The van der Waals surface area contributed by atoms with Gasteiger partial charge in [-0.2, -0.15) is 0 Å². The van der Waals surface area contributed by atoms with Crippen LogP contribution in [-0.2, 0) is 78.5 Å². The number of hydrogen-bond donors (Lipinski definition) is 5. The van der Waals surface area contributed by atoms with Crippen LogP contribution < -0.4 is 21.3 Å². The molecule has 0 aliphatic carbocycles. The van der Waals surface area contributed by atoms with E-state index in [0.29, 0.717) is 0 Å². The van der Waals surface area contributed by atoms with Gasteiger partial charge in [-0.25, -0.2) is 0 Å². The number of aliphatic hydroxyl groups excluding tert-OH is 1. The molecule has 1 saturated heterocycles. The molecule has 0 spiro atoms. The van der Waals surface area contributed by atoms with Gasteiger partial charge in [-0.3, -0.25) is 52.7 Å². The van der Waals surface area contributed by atoms with Crippen LogP contribution in [0.15, 0.2) is 24.8 Å². The van der Waals surface area contributed by atoms with E-state index < -0.39 is 161 Å². The molecule has 0 bridgehead atoms. The van der Waals surface area contributed by atoms with E-state index in [1.54, 1.807) is 74.5 Å². The van der Waals surface area contributed by atoms with Crippen molar-refractivity contribution in [2.24, 2.45) is 35.5 Å². The number of nitrogens with one attached hydrogen (secondary N) is 4. The maximum absolute atomic E-state index is 15.2. The third kappa shape index (κ3) is 24.5. The molecule has 0 unspecified atom stereocenters. The Hall–Kier alpha value is -5.74. The summed E-state index contributed by atoms with van der Waals surface area (Å²) in [7, 11) is 9.72. The smallest absolute Gasteiger partial charge is 0.390 e. The summed E-state index contributed by atoms with van der Waals surface area (Å²) in [5.41, 5.74) is -1.10. The van der Waals surface area contributed by atoms with Gasteiger partial charge in [0, 0.05) is 55.8 Å². The summed E-state index contributed by atoms with van der Waals surface area (Å²) in [5.74, 6) is -10.4. The van der Waals surface area contributed by atoms with E-state index in [2.05, 4.69) is 34.8 Å². The Morgan fingerprint density at radius 2 is 0.978 bits per heavy atom. The Kier molecular flexibility index (Phi) is 38.2. The summed E-state index contributed by atoms with van der Waals surface area (Å²) in [6.07, 6.45) is 4.06. The molecule has 0 aromatic heterocycles. The number of carbonyl (C=O) groups excluding carboxylic acids is 11. The third-order valence-electron chi connectivity index (χ3n) is 17.0. The first-order valence-electron chi connectivity index (χ1n) is 31.9. The van der Waals surface area contributed by atoms with Gasteiger partial charge in [-0.1, -0.05) is 101 Å². The molecule has 0 aromatic rings. The average Bonchev–Trinajstić information content (AvgIpc) is 0.842. The zero-order chi connectivity index (χ0) is 69.9. The van der Waals surface area contributed by atoms with Gasteiger partial charge < -0.3 is 79.8 Å². The van der Waals surface area contributed by atoms with Crippen molar-refractivity contribution in [3.05, 3.63) is 39.2 Å². The number of rotatable bonds is 18. The van der Waals surface area contributed by atoms with Gasteiger partial charge in [0.15, 0.2) is 0 Å². The second kappa shape index (κ2) is 39.8. The van der Waals surface area contributed by atoms with Crippen molar-refractivity contribution in [2.45, 2.75) is 234 Å². The number of ether oxygens (including phenoxy) is 1. The van der Waals surface area contributed by atoms with Crippen molar-refractivity contribution in [1.82, 2.24) is 55.6 Å². The van der Waals surface area contributed by atoms with Gasteiger partial charge in [-0.05, 0) is 108 Å². The predicted octanol–water partition coefficient (Wildman–Crippen LogP) is 4.24. The molecule has 13 atom stereocenters. The van der Waals surface area contributed by atoms with Gasteiger partial charge in [0.2, 0.25) is 65.0 Å². The Balaban J connectivity index is 0. The molecule has 526 valence electrons. The fourth-order valence-corrected chi connectivity index (χ4v) is 11.1. The molecule has 92 heavy (non-hydrogen) atoms. The molecule has 0 aromatic carbocycles. The zero-order valence-corrected chi connectivity index (χ0v) is 63.3. The maximum Gasteiger partial charge on any atom is 2.00 e. The van der Waals surface area contributed by atoms with Crippen LogP contribution in [0.4, 0.5) is 0 Å². The van der Waals surface area contributed by atoms with Crippen molar-refractivity contribution < 1.29 is 83.6 Å². The first-order valence-corrected chi connectivity index (χ1v) is 31.9. The predicted molar refractivity (Wildman–Crippen MR) is 355 cm³/mol. The summed E-state index contributed by atoms with van der Waals surface area (Å²) in [6, 6.07) is -14.5. The minimum Gasteiger partial charge on any atom is -0.390 e. The average molecular weight is 1470 g/mol. The summed E-state index contributed by atoms with van der Waals surface area (Å²) in [6.45, 7) is 37.2. The van der Waals surface area contributed by atoms with E-state index >= 15 is 14.4 Å². The molecule has 0 radical (unpaired) electrons. The molecule has 1 heterocycles. The van der Waals surface area contributed by atoms with Gasteiger partial charge in [-0.15, -0.1) is 6.58 Å². The van der Waals surface area contributed by atoms with Crippen LogP contribution >= 0.6 is 0 Å². The molecular weight excluding hydrogens is 1350 g/mol. The van der Waals surface area contributed by atoms with Crippen LogP contribution in [0.25, 0.3) is 0 Å². The van der Waals surface area contributed by atoms with Crippen molar-refractivity contribution in [3.63, 3.8) is 0 Å². The Labute approximate surface area is 566 Å². The number of likely N-dealkylation sites (N-methyl/N-ethyl adjacent to an activating group) is 7. The van der Waals surface area contributed by atoms with Crippen molar-refractivity contribution in [3.8, 4) is 0 Å². The second-order valence-electron chi connectivity index (χ2n) is 27.2. The van der Waals surface area contributed by atoms with Crippen molar-refractivity contribution in [2.75, 3.05) is 55.9 Å². The molecule has 11 amide bonds. The number of amides is 11. The normalized spacial score (nSPS) is 26.4. The van der Waals surface area contributed by atoms with Gasteiger partial charge in [0.05, 0.1) is 18.3 Å². The molecule has 1 aliphatic rings. The second-order valence-corrected chi connectivity index (χ2v) is 27.2. The summed E-state index contributed by atoms with van der Waals surface area (Å²) in [5, 5.41) is 23.1. The Morgan fingerprint density at radius 1 is 0.543 bits per heavy atom. The van der Waals surface area contributed by atoms with Gasteiger partial charge in [0.25, 0.3) is 0 Å². The number of hydrogen-bond acceptors (Lipinski definition) is 13. The van der Waals surface area contributed by atoms with E-state index in [1.807, 2.05) is 41.5 Å². The minimum atomic E-state index is -1.66. The van der Waals surface area contributed by atoms with E-state index in [-0.39, 0.29) is 91.4 Å². The van der Waals surface area contributed by atoms with Crippen LogP contribution in [0.2, 0.25) is 0 Å². The van der Waals surface area contributed by atoms with Gasteiger partial charge in [0.1, 0.15) is 60.4 Å². The maximum atomic E-state index is 15.2. The van der Waals surface area contributed by atoms with Crippen LogP contribution in [0.5, 0.6) is 0 Å². The quantitative estimate of drug-likeness (QED) is 0.0950. The van der Waals surface area contributed by atoms with E-state index in [1.165, 1.54) is 88.9 Å². The van der Waals surface area contributed by atoms with Crippen LogP contribution in [0.3, 0.4) is 0 Å². The number of allylic oxidation sites excluding steroid dienone is 2.